The average molecular weight is 170 g/mol. The molecule has 0 atom stereocenters. The molecule has 0 spiro atoms. The number of hydrogen-bond acceptors (Lipinski definition) is 4. The van der Waals surface area contributed by atoms with Crippen LogP contribution in [0.3, 0.4) is 0 Å². The van der Waals surface area contributed by atoms with Gasteiger partial charge in [-0.2, -0.15) is 0 Å². The molecule has 4 nitrogen and oxygen atoms in total. The van der Waals surface area contributed by atoms with Crippen LogP contribution in [0.25, 0.3) is 0 Å². The Morgan fingerprint density at radius 1 is 1.64 bits per heavy atom. The molecule has 0 bridgehead atoms. The highest BCUT2D eigenvalue weighted by atomic mass is 32.1. The highest BCUT2D eigenvalue weighted by molar-refractivity contribution is 7.17. The predicted molar refractivity (Wildman–Crippen MR) is 42.6 cm³/mol. The summed E-state index contributed by atoms with van der Waals surface area (Å²) < 4.78 is 0. The van der Waals surface area contributed by atoms with Crippen LogP contribution in [-0.4, -0.2) is 12.2 Å². The Labute approximate surface area is 66.8 Å². The minimum Gasteiger partial charge on any atom is -0.390 e. The van der Waals surface area contributed by atoms with Crippen molar-refractivity contribution in [1.29, 1.82) is 0 Å². The number of amides is 1. The lowest BCUT2D eigenvalue weighted by molar-refractivity contribution is 0.100. The maximum absolute atomic E-state index is 10.6. The minimum absolute atomic E-state index is 0.220. The molecule has 0 aromatic carbocycles. The lowest BCUT2D eigenvalue weighted by atomic mass is 10.3. The summed E-state index contributed by atoms with van der Waals surface area (Å²) in [6, 6.07) is 1.38. The zero-order valence-electron chi connectivity index (χ0n) is 5.53. The molecule has 0 aliphatic carbocycles. The molecule has 1 aromatic heterocycles. The van der Waals surface area contributed by atoms with Crippen LogP contribution in [0.1, 0.15) is 20.0 Å². The first kappa shape index (κ1) is 7.74. The molecule has 1 amide bonds. The Morgan fingerprint density at radius 3 is 2.55 bits per heavy atom. The van der Waals surface area contributed by atoms with Gasteiger partial charge in [-0.3, -0.25) is 9.59 Å². The molecular formula is C6H6N2O2S. The molecule has 0 saturated carbocycles. The van der Waals surface area contributed by atoms with Crippen LogP contribution < -0.4 is 11.5 Å². The van der Waals surface area contributed by atoms with Crippen molar-refractivity contribution in [2.75, 3.05) is 5.73 Å². The SMILES string of the molecule is NC(=O)c1cc(C=O)sc1N. The molecule has 0 saturated heterocycles. The average Bonchev–Trinajstić information content (AvgIpc) is 2.30. The summed E-state index contributed by atoms with van der Waals surface area (Å²) >= 11 is 1.05. The van der Waals surface area contributed by atoms with Gasteiger partial charge >= 0.3 is 0 Å². The van der Waals surface area contributed by atoms with E-state index >= 15 is 0 Å². The third-order valence-electron chi connectivity index (χ3n) is 1.16. The maximum atomic E-state index is 10.6. The fraction of sp³-hybridized carbons (Fsp3) is 0. The molecule has 1 heterocycles. The van der Waals surface area contributed by atoms with Crippen molar-refractivity contribution in [1.82, 2.24) is 0 Å². The van der Waals surface area contributed by atoms with E-state index in [4.69, 9.17) is 11.5 Å². The summed E-state index contributed by atoms with van der Waals surface area (Å²) in [5.74, 6) is -0.605. The van der Waals surface area contributed by atoms with E-state index in [1.54, 1.807) is 0 Å². The number of carbonyl (C=O) groups is 2. The molecular weight excluding hydrogens is 164 g/mol. The Kier molecular flexibility index (Phi) is 1.91. The first-order chi connectivity index (χ1) is 5.15. The Morgan fingerprint density at radius 2 is 2.27 bits per heavy atom. The topological polar surface area (TPSA) is 86.2 Å². The van der Waals surface area contributed by atoms with Gasteiger partial charge in [-0.25, -0.2) is 0 Å². The standard InChI is InChI=1S/C6H6N2O2S/c7-5(10)4-1-3(2-9)11-6(4)8/h1-2H,8H2,(H2,7,10). The zero-order valence-corrected chi connectivity index (χ0v) is 6.35. The minimum atomic E-state index is -0.605. The van der Waals surface area contributed by atoms with Crippen molar-refractivity contribution in [3.8, 4) is 0 Å². The van der Waals surface area contributed by atoms with Gasteiger partial charge in [0.1, 0.15) is 0 Å². The second kappa shape index (κ2) is 2.71. The van der Waals surface area contributed by atoms with Crippen LogP contribution in [0.15, 0.2) is 6.07 Å². The Bertz CT molecular complexity index is 306. The number of carbonyl (C=O) groups excluding carboxylic acids is 2. The number of hydrogen-bond donors (Lipinski definition) is 2. The number of aldehydes is 1. The van der Waals surface area contributed by atoms with Crippen molar-refractivity contribution in [3.63, 3.8) is 0 Å². The zero-order chi connectivity index (χ0) is 8.43. The second-order valence-corrected chi connectivity index (χ2v) is 3.02. The second-order valence-electron chi connectivity index (χ2n) is 1.91. The first-order valence-electron chi connectivity index (χ1n) is 2.79. The van der Waals surface area contributed by atoms with Crippen molar-refractivity contribution in [3.05, 3.63) is 16.5 Å². The number of nitrogen functional groups attached to an aromatic ring is 1. The lowest BCUT2D eigenvalue weighted by Crippen LogP contribution is -2.11. The molecule has 0 aliphatic heterocycles. The van der Waals surface area contributed by atoms with E-state index in [2.05, 4.69) is 0 Å². The van der Waals surface area contributed by atoms with Crippen LogP contribution in [0.5, 0.6) is 0 Å². The molecule has 4 N–H and O–H groups in total. The molecule has 0 radical (unpaired) electrons. The summed E-state index contributed by atoms with van der Waals surface area (Å²) in [6.07, 6.45) is 0.632. The molecule has 0 unspecified atom stereocenters. The van der Waals surface area contributed by atoms with Gasteiger partial charge in [-0.1, -0.05) is 0 Å². The molecule has 5 heteroatoms. The molecule has 0 aliphatic rings. The van der Waals surface area contributed by atoms with E-state index in [0.717, 1.165) is 11.3 Å². The molecule has 0 fully saturated rings. The lowest BCUT2D eigenvalue weighted by Gasteiger charge is -1.87. The van der Waals surface area contributed by atoms with E-state index in [0.29, 0.717) is 16.2 Å². The van der Waals surface area contributed by atoms with Gasteiger partial charge in [0.15, 0.2) is 6.29 Å². The van der Waals surface area contributed by atoms with Gasteiger partial charge in [0.25, 0.3) is 5.91 Å². The monoisotopic (exact) mass is 170 g/mol. The maximum Gasteiger partial charge on any atom is 0.251 e. The van der Waals surface area contributed by atoms with Gasteiger partial charge < -0.3 is 11.5 Å². The van der Waals surface area contributed by atoms with E-state index in [-0.39, 0.29) is 5.56 Å². The number of rotatable bonds is 2. The predicted octanol–water partition coefficient (Wildman–Crippen LogP) is 0.242. The first-order valence-corrected chi connectivity index (χ1v) is 3.61. The summed E-state index contributed by atoms with van der Waals surface area (Å²) in [4.78, 5) is 21.2. The summed E-state index contributed by atoms with van der Waals surface area (Å²) in [5, 5.41) is 0.291. The number of nitrogens with two attached hydrogens (primary N) is 2. The van der Waals surface area contributed by atoms with Gasteiger partial charge in [0.05, 0.1) is 15.4 Å². The summed E-state index contributed by atoms with van der Waals surface area (Å²) in [5.41, 5.74) is 10.6. The quantitative estimate of drug-likeness (QED) is 0.623. The number of thiophene rings is 1. The van der Waals surface area contributed by atoms with E-state index in [1.165, 1.54) is 6.07 Å². The number of anilines is 1. The smallest absolute Gasteiger partial charge is 0.251 e. The fourth-order valence-electron chi connectivity index (χ4n) is 0.675. The third kappa shape index (κ3) is 1.38. The molecule has 58 valence electrons. The van der Waals surface area contributed by atoms with E-state index < -0.39 is 5.91 Å². The van der Waals surface area contributed by atoms with Gasteiger partial charge in [0.2, 0.25) is 0 Å². The van der Waals surface area contributed by atoms with E-state index in [1.807, 2.05) is 0 Å². The van der Waals surface area contributed by atoms with Gasteiger partial charge in [-0.15, -0.1) is 11.3 Å². The van der Waals surface area contributed by atoms with Crippen LogP contribution in [0.4, 0.5) is 5.00 Å². The van der Waals surface area contributed by atoms with E-state index in [9.17, 15) is 9.59 Å². The Hall–Kier alpha value is -1.36. The molecule has 1 aromatic rings. The van der Waals surface area contributed by atoms with Crippen molar-refractivity contribution >= 4 is 28.5 Å². The third-order valence-corrected chi connectivity index (χ3v) is 2.05. The van der Waals surface area contributed by atoms with Crippen LogP contribution in [0.2, 0.25) is 0 Å². The van der Waals surface area contributed by atoms with Crippen LogP contribution in [0, 0.1) is 0 Å². The van der Waals surface area contributed by atoms with Crippen molar-refractivity contribution in [2.24, 2.45) is 5.73 Å². The van der Waals surface area contributed by atoms with Gasteiger partial charge in [-0.05, 0) is 6.07 Å². The molecule has 11 heavy (non-hydrogen) atoms. The summed E-state index contributed by atoms with van der Waals surface area (Å²) in [6.45, 7) is 0. The van der Waals surface area contributed by atoms with Crippen LogP contribution in [-0.2, 0) is 0 Å². The van der Waals surface area contributed by atoms with Gasteiger partial charge in [0, 0.05) is 0 Å². The number of primary amides is 1. The van der Waals surface area contributed by atoms with Crippen molar-refractivity contribution < 1.29 is 9.59 Å². The highest BCUT2D eigenvalue weighted by Gasteiger charge is 2.09. The Balaban J connectivity index is 3.16. The largest absolute Gasteiger partial charge is 0.390 e. The fourth-order valence-corrected chi connectivity index (χ4v) is 1.42. The van der Waals surface area contributed by atoms with Crippen LogP contribution >= 0.6 is 11.3 Å². The highest BCUT2D eigenvalue weighted by Crippen LogP contribution is 2.22. The normalized spacial score (nSPS) is 9.45. The summed E-state index contributed by atoms with van der Waals surface area (Å²) in [7, 11) is 0. The van der Waals surface area contributed by atoms with Crippen molar-refractivity contribution in [2.45, 2.75) is 0 Å². The molecule has 1 rings (SSSR count).